The lowest BCUT2D eigenvalue weighted by Crippen LogP contribution is -2.23. The molecule has 1 saturated carbocycles. The highest BCUT2D eigenvalue weighted by Gasteiger charge is 2.22. The molecule has 1 atom stereocenters. The van der Waals surface area contributed by atoms with Crippen LogP contribution in [0, 0.1) is 5.92 Å². The number of nitrogens with two attached hydrogens (primary N) is 1. The summed E-state index contributed by atoms with van der Waals surface area (Å²) >= 11 is 3.58. The van der Waals surface area contributed by atoms with Gasteiger partial charge in [-0.05, 0) is 30.4 Å². The Kier molecular flexibility index (Phi) is 5.81. The van der Waals surface area contributed by atoms with E-state index < -0.39 is 0 Å². The molecule has 0 aromatic heterocycles. The van der Waals surface area contributed by atoms with Crippen LogP contribution in [0.25, 0.3) is 0 Å². The summed E-state index contributed by atoms with van der Waals surface area (Å²) in [6.45, 7) is 0. The minimum absolute atomic E-state index is 0. The molecule has 2 rings (SSSR count). The van der Waals surface area contributed by atoms with Crippen molar-refractivity contribution in [2.24, 2.45) is 11.7 Å². The van der Waals surface area contributed by atoms with Gasteiger partial charge in [0, 0.05) is 10.5 Å². The van der Waals surface area contributed by atoms with E-state index in [1.165, 1.54) is 37.7 Å². The van der Waals surface area contributed by atoms with E-state index in [-0.39, 0.29) is 18.4 Å². The Hall–Kier alpha value is -0.0500. The van der Waals surface area contributed by atoms with E-state index in [4.69, 9.17) is 5.73 Å². The molecule has 0 radical (unpaired) electrons. The molecule has 90 valence electrons. The van der Waals surface area contributed by atoms with E-state index in [9.17, 15) is 0 Å². The summed E-state index contributed by atoms with van der Waals surface area (Å²) in [5.74, 6) is 0.678. The first-order chi connectivity index (χ1) is 7.29. The molecule has 0 amide bonds. The van der Waals surface area contributed by atoms with Crippen molar-refractivity contribution in [1.82, 2.24) is 0 Å². The SMILES string of the molecule is Cl.N[C@H](c1ccccc1Br)C1CCCCC1. The fraction of sp³-hybridized carbons (Fsp3) is 0.538. The first-order valence-electron chi connectivity index (χ1n) is 5.79. The zero-order chi connectivity index (χ0) is 10.7. The van der Waals surface area contributed by atoms with Gasteiger partial charge >= 0.3 is 0 Å². The molecule has 1 fully saturated rings. The maximum atomic E-state index is 6.34. The number of hydrogen-bond donors (Lipinski definition) is 1. The fourth-order valence-corrected chi connectivity index (χ4v) is 3.04. The second kappa shape index (κ2) is 6.63. The van der Waals surface area contributed by atoms with E-state index in [2.05, 4.69) is 34.1 Å². The maximum Gasteiger partial charge on any atom is 0.0334 e. The summed E-state index contributed by atoms with van der Waals surface area (Å²) < 4.78 is 1.16. The third kappa shape index (κ3) is 3.22. The highest BCUT2D eigenvalue weighted by Crippen LogP contribution is 2.35. The number of hydrogen-bond acceptors (Lipinski definition) is 1. The van der Waals surface area contributed by atoms with Crippen molar-refractivity contribution in [3.05, 3.63) is 34.3 Å². The molecule has 2 N–H and O–H groups in total. The zero-order valence-corrected chi connectivity index (χ0v) is 11.8. The van der Waals surface area contributed by atoms with Gasteiger partial charge in [-0.3, -0.25) is 0 Å². The van der Waals surface area contributed by atoms with Gasteiger partial charge in [0.2, 0.25) is 0 Å². The molecule has 0 bridgehead atoms. The van der Waals surface area contributed by atoms with Crippen molar-refractivity contribution in [1.29, 1.82) is 0 Å². The monoisotopic (exact) mass is 303 g/mol. The first kappa shape index (κ1) is 14.0. The maximum absolute atomic E-state index is 6.34. The Bertz CT molecular complexity index is 323. The summed E-state index contributed by atoms with van der Waals surface area (Å²) in [7, 11) is 0. The topological polar surface area (TPSA) is 26.0 Å². The summed E-state index contributed by atoms with van der Waals surface area (Å²) in [6, 6.07) is 8.55. The molecule has 0 aliphatic heterocycles. The van der Waals surface area contributed by atoms with Crippen LogP contribution < -0.4 is 5.73 Å². The van der Waals surface area contributed by atoms with Gasteiger partial charge in [-0.25, -0.2) is 0 Å². The van der Waals surface area contributed by atoms with E-state index in [0.717, 1.165) is 4.47 Å². The average Bonchev–Trinajstić information content (AvgIpc) is 2.30. The Morgan fingerprint density at radius 2 is 1.75 bits per heavy atom. The van der Waals surface area contributed by atoms with Crippen LogP contribution in [0.15, 0.2) is 28.7 Å². The third-order valence-electron chi connectivity index (χ3n) is 3.42. The second-order valence-corrected chi connectivity index (χ2v) is 5.30. The average molecular weight is 305 g/mol. The largest absolute Gasteiger partial charge is 0.324 e. The van der Waals surface area contributed by atoms with Gasteiger partial charge in [0.25, 0.3) is 0 Å². The van der Waals surface area contributed by atoms with Crippen LogP contribution in [0.4, 0.5) is 0 Å². The molecule has 0 heterocycles. The van der Waals surface area contributed by atoms with Crippen molar-refractivity contribution in [3.63, 3.8) is 0 Å². The lowest BCUT2D eigenvalue weighted by Gasteiger charge is -2.28. The van der Waals surface area contributed by atoms with Gasteiger partial charge in [0.05, 0.1) is 0 Å². The van der Waals surface area contributed by atoms with Crippen molar-refractivity contribution >= 4 is 28.3 Å². The van der Waals surface area contributed by atoms with Crippen molar-refractivity contribution in [2.75, 3.05) is 0 Å². The zero-order valence-electron chi connectivity index (χ0n) is 9.36. The number of rotatable bonds is 2. The molecule has 1 nitrogen and oxygen atoms in total. The summed E-state index contributed by atoms with van der Waals surface area (Å²) in [4.78, 5) is 0. The third-order valence-corrected chi connectivity index (χ3v) is 4.14. The van der Waals surface area contributed by atoms with E-state index in [1.54, 1.807) is 0 Å². The predicted molar refractivity (Wildman–Crippen MR) is 74.9 cm³/mol. The van der Waals surface area contributed by atoms with Gasteiger partial charge in [-0.15, -0.1) is 12.4 Å². The van der Waals surface area contributed by atoms with Crippen LogP contribution in [0.2, 0.25) is 0 Å². The predicted octanol–water partition coefficient (Wildman–Crippen LogP) is 4.45. The molecule has 1 aromatic rings. The highest BCUT2D eigenvalue weighted by atomic mass is 79.9. The van der Waals surface area contributed by atoms with Crippen LogP contribution in [0.5, 0.6) is 0 Å². The molecule has 3 heteroatoms. The normalized spacial score (nSPS) is 18.9. The van der Waals surface area contributed by atoms with E-state index in [0.29, 0.717) is 5.92 Å². The smallest absolute Gasteiger partial charge is 0.0334 e. The Morgan fingerprint density at radius 3 is 2.38 bits per heavy atom. The van der Waals surface area contributed by atoms with Crippen LogP contribution >= 0.6 is 28.3 Å². The number of benzene rings is 1. The standard InChI is InChI=1S/C13H18BrN.ClH/c14-12-9-5-4-8-11(12)13(15)10-6-2-1-3-7-10;/h4-5,8-10,13H,1-3,6-7,15H2;1H/t13-;/m0./s1. The Labute approximate surface area is 112 Å². The van der Waals surface area contributed by atoms with Gasteiger partial charge in [-0.1, -0.05) is 53.4 Å². The van der Waals surface area contributed by atoms with Crippen LogP contribution in [-0.2, 0) is 0 Å². The van der Waals surface area contributed by atoms with Crippen molar-refractivity contribution in [3.8, 4) is 0 Å². The molecule has 1 aliphatic carbocycles. The highest BCUT2D eigenvalue weighted by molar-refractivity contribution is 9.10. The van der Waals surface area contributed by atoms with E-state index in [1.807, 2.05) is 6.07 Å². The molecule has 1 aliphatic rings. The minimum Gasteiger partial charge on any atom is -0.324 e. The molecule has 16 heavy (non-hydrogen) atoms. The quantitative estimate of drug-likeness (QED) is 0.858. The summed E-state index contributed by atoms with van der Waals surface area (Å²) in [5, 5.41) is 0. The number of halogens is 2. The lowest BCUT2D eigenvalue weighted by molar-refractivity contribution is 0.307. The molecule has 0 spiro atoms. The molecular formula is C13H19BrClN. The van der Waals surface area contributed by atoms with E-state index >= 15 is 0 Å². The molecular weight excluding hydrogens is 286 g/mol. The molecule has 1 aromatic carbocycles. The van der Waals surface area contributed by atoms with Crippen LogP contribution in [-0.4, -0.2) is 0 Å². The Balaban J connectivity index is 0.00000128. The van der Waals surface area contributed by atoms with Crippen LogP contribution in [0.1, 0.15) is 43.7 Å². The van der Waals surface area contributed by atoms with Crippen molar-refractivity contribution in [2.45, 2.75) is 38.1 Å². The van der Waals surface area contributed by atoms with Crippen molar-refractivity contribution < 1.29 is 0 Å². The molecule has 0 saturated heterocycles. The summed E-state index contributed by atoms with van der Waals surface area (Å²) in [6.07, 6.45) is 6.68. The van der Waals surface area contributed by atoms with Gasteiger partial charge in [0.1, 0.15) is 0 Å². The first-order valence-corrected chi connectivity index (χ1v) is 6.58. The molecule has 0 unspecified atom stereocenters. The summed E-state index contributed by atoms with van der Waals surface area (Å²) in [5.41, 5.74) is 7.61. The van der Waals surface area contributed by atoms with Gasteiger partial charge < -0.3 is 5.73 Å². The fourth-order valence-electron chi connectivity index (χ4n) is 2.49. The Morgan fingerprint density at radius 1 is 1.12 bits per heavy atom. The minimum atomic E-state index is 0. The van der Waals surface area contributed by atoms with Gasteiger partial charge in [0.15, 0.2) is 0 Å². The second-order valence-electron chi connectivity index (χ2n) is 4.45. The van der Waals surface area contributed by atoms with Gasteiger partial charge in [-0.2, -0.15) is 0 Å². The van der Waals surface area contributed by atoms with Crippen LogP contribution in [0.3, 0.4) is 0 Å². The lowest BCUT2D eigenvalue weighted by atomic mass is 9.81.